The molecule has 0 saturated heterocycles. The zero-order chi connectivity index (χ0) is 83.6. The van der Waals surface area contributed by atoms with Crippen molar-refractivity contribution in [2.45, 2.75) is 373 Å². The van der Waals surface area contributed by atoms with Gasteiger partial charge in [-0.2, -0.15) is 0 Å². The number of hydrogen-bond donors (Lipinski definition) is 4. The largest absolute Gasteiger partial charge is 0.472 e. The van der Waals surface area contributed by atoms with Gasteiger partial charge in [-0.1, -0.05) is 357 Å². The van der Waals surface area contributed by atoms with Crippen LogP contribution in [0, 0.1) is 0 Å². The van der Waals surface area contributed by atoms with Gasteiger partial charge < -0.3 is 34.2 Å². The summed E-state index contributed by atoms with van der Waals surface area (Å²) in [6.07, 6.45) is 115. The summed E-state index contributed by atoms with van der Waals surface area (Å²) < 4.78 is 61.4. The first-order valence-electron chi connectivity index (χ1n) is 45.1. The lowest BCUT2D eigenvalue weighted by molar-refractivity contribution is -0.161. The third kappa shape index (κ3) is 89.3. The second kappa shape index (κ2) is 87.9. The van der Waals surface area contributed by atoms with E-state index >= 15 is 0 Å². The molecule has 0 bridgehead atoms. The van der Waals surface area contributed by atoms with Crippen LogP contribution in [0.3, 0.4) is 0 Å². The standard InChI is InChI=1S/C97H162O16P2/c1-4-7-10-13-16-19-22-25-28-31-34-37-40-42-43-44-45-46-47-49-52-53-56-59-62-65-68-71-74-77-80-83-95(100)107-86-92(98)87-109-114(103,104)110-88-93(99)89-111-115(105,106)112-91-94(113-97(102)85-82-79-76-73-70-67-64-61-58-55-50-39-36-33-30-27-24-21-18-15-12-9-6-3)90-108-96(101)84-81-78-75-72-69-66-63-60-57-54-51-48-41-38-35-32-29-26-23-20-17-14-11-8-5-2/h8-9,11-12,16-21,25-30,34-39,42-43,48,51,55,58,64,67,92-94,98-99H,4-7,10,13-15,22-24,31-33,40-41,44-47,49-50,52-54,56-57,59-63,65-66,68-91H2,1-3H3,(H,103,104)(H,105,106)/b11-8-,12-9-,19-16-,20-17-,21-18-,28-25-,29-26-,30-27-,37-34-,38-35-,39-36-,43-42-,51-48-,58-55-,67-64-. The Kier molecular flexibility index (Phi) is 83.9. The number of allylic oxidation sites excluding steroid dienone is 30. The molecule has 4 N–H and O–H groups in total. The number of phosphoric ester groups is 2. The van der Waals surface area contributed by atoms with Gasteiger partial charge in [-0.3, -0.25) is 32.5 Å². The average molecular weight is 1650 g/mol. The Morgan fingerprint density at radius 1 is 0.252 bits per heavy atom. The summed E-state index contributed by atoms with van der Waals surface area (Å²) in [6.45, 7) is 2.41. The highest BCUT2D eigenvalue weighted by Crippen LogP contribution is 2.45. The molecule has 0 aliphatic rings. The molecular formula is C97H162O16P2. The van der Waals surface area contributed by atoms with E-state index in [0.717, 1.165) is 167 Å². The summed E-state index contributed by atoms with van der Waals surface area (Å²) in [6, 6.07) is 0. The van der Waals surface area contributed by atoms with Crippen LogP contribution in [-0.2, 0) is 55.8 Å². The van der Waals surface area contributed by atoms with E-state index in [4.69, 9.17) is 32.3 Å². The van der Waals surface area contributed by atoms with Crippen molar-refractivity contribution in [3.05, 3.63) is 182 Å². The van der Waals surface area contributed by atoms with E-state index < -0.39 is 91.5 Å². The van der Waals surface area contributed by atoms with Crippen LogP contribution in [0.25, 0.3) is 0 Å². The van der Waals surface area contributed by atoms with Crippen LogP contribution in [-0.4, -0.2) is 95.9 Å². The molecule has 0 aromatic carbocycles. The number of aliphatic hydroxyl groups is 2. The molecule has 656 valence electrons. The fraction of sp³-hybridized carbons (Fsp3) is 0.660. The van der Waals surface area contributed by atoms with Gasteiger partial charge in [0.1, 0.15) is 25.4 Å². The van der Waals surface area contributed by atoms with Crippen LogP contribution in [0.2, 0.25) is 0 Å². The lowest BCUT2D eigenvalue weighted by Gasteiger charge is -2.21. The third-order valence-electron chi connectivity index (χ3n) is 18.6. The van der Waals surface area contributed by atoms with E-state index in [9.17, 15) is 43.5 Å². The molecular weight excluding hydrogens is 1480 g/mol. The molecule has 18 heteroatoms. The van der Waals surface area contributed by atoms with Gasteiger partial charge in [-0.05, 0) is 161 Å². The van der Waals surface area contributed by atoms with Gasteiger partial charge in [0.15, 0.2) is 6.10 Å². The number of aliphatic hydroxyl groups excluding tert-OH is 2. The maximum Gasteiger partial charge on any atom is 0.472 e. The lowest BCUT2D eigenvalue weighted by atomic mass is 10.0. The van der Waals surface area contributed by atoms with Crippen molar-refractivity contribution >= 4 is 33.6 Å². The third-order valence-corrected chi connectivity index (χ3v) is 20.5. The van der Waals surface area contributed by atoms with E-state index in [-0.39, 0.29) is 19.3 Å². The van der Waals surface area contributed by atoms with Gasteiger partial charge in [0.25, 0.3) is 0 Å². The minimum Gasteiger partial charge on any atom is -0.463 e. The minimum atomic E-state index is -4.96. The minimum absolute atomic E-state index is 0.0667. The number of hydrogen-bond acceptors (Lipinski definition) is 14. The molecule has 0 radical (unpaired) electrons. The number of carbonyl (C=O) groups is 3. The van der Waals surface area contributed by atoms with Gasteiger partial charge >= 0.3 is 33.6 Å². The van der Waals surface area contributed by atoms with E-state index in [1.807, 2.05) is 0 Å². The second-order valence-corrected chi connectivity index (χ2v) is 32.5. The van der Waals surface area contributed by atoms with Crippen LogP contribution >= 0.6 is 15.6 Å². The van der Waals surface area contributed by atoms with Gasteiger partial charge in [0.2, 0.25) is 0 Å². The Hall–Kier alpha value is -5.35. The smallest absolute Gasteiger partial charge is 0.463 e. The molecule has 115 heavy (non-hydrogen) atoms. The molecule has 0 aromatic rings. The zero-order valence-electron chi connectivity index (χ0n) is 72.1. The van der Waals surface area contributed by atoms with Crippen molar-refractivity contribution in [2.75, 3.05) is 39.6 Å². The topological polar surface area (TPSA) is 231 Å². The maximum absolute atomic E-state index is 13.1. The number of esters is 3. The highest BCUT2D eigenvalue weighted by Gasteiger charge is 2.29. The van der Waals surface area contributed by atoms with E-state index in [2.05, 4.69) is 203 Å². The van der Waals surface area contributed by atoms with Crippen molar-refractivity contribution in [1.82, 2.24) is 0 Å². The van der Waals surface area contributed by atoms with Crippen LogP contribution in [0.4, 0.5) is 0 Å². The molecule has 5 unspecified atom stereocenters. The summed E-state index contributed by atoms with van der Waals surface area (Å²) in [7, 11) is -9.83. The average Bonchev–Trinajstić information content (AvgIpc) is 0.889. The first-order valence-corrected chi connectivity index (χ1v) is 48.1. The molecule has 0 aliphatic heterocycles. The molecule has 0 spiro atoms. The summed E-state index contributed by atoms with van der Waals surface area (Å²) in [5, 5.41) is 20.7. The summed E-state index contributed by atoms with van der Waals surface area (Å²) in [5.41, 5.74) is 0. The molecule has 0 aliphatic carbocycles. The van der Waals surface area contributed by atoms with Crippen molar-refractivity contribution in [1.29, 1.82) is 0 Å². The highest BCUT2D eigenvalue weighted by molar-refractivity contribution is 7.47. The molecule has 5 atom stereocenters. The number of unbranched alkanes of at least 4 members (excludes halogenated alkanes) is 31. The molecule has 0 fully saturated rings. The summed E-state index contributed by atoms with van der Waals surface area (Å²) >= 11 is 0. The normalized spacial score (nSPS) is 14.7. The second-order valence-electron chi connectivity index (χ2n) is 29.6. The Balaban J connectivity index is 4.65. The Bertz CT molecular complexity index is 2820. The summed E-state index contributed by atoms with van der Waals surface area (Å²) in [5.74, 6) is -1.61. The quantitative estimate of drug-likeness (QED) is 0.0146. The van der Waals surface area contributed by atoms with Crippen molar-refractivity contribution in [2.24, 2.45) is 0 Å². The SMILES string of the molecule is CC/C=C\C/C=C\C/C=C\C/C=C\C/C=C\C/C=C\CCCCCCC(=O)OC(COC(=O)CCCCCCCCCCC/C=C\C/C=C\C/C=C\C/C=C\C/C=C\CC)COP(=O)(O)OCC(O)COP(=O)(O)OCC(O)COC(=O)CCCCCCCCCCCCCCCCC/C=C\C/C=C\C/C=C\C/C=C\CCCCC. The highest BCUT2D eigenvalue weighted by atomic mass is 31.2. The maximum atomic E-state index is 13.1. The van der Waals surface area contributed by atoms with Gasteiger partial charge in [0, 0.05) is 19.3 Å². The molecule has 0 heterocycles. The fourth-order valence-electron chi connectivity index (χ4n) is 11.8. The van der Waals surface area contributed by atoms with E-state index in [1.165, 1.54) is 128 Å². The molecule has 0 rings (SSSR count). The van der Waals surface area contributed by atoms with E-state index in [1.54, 1.807) is 0 Å². The monoisotopic (exact) mass is 1650 g/mol. The van der Waals surface area contributed by atoms with Crippen LogP contribution in [0.1, 0.15) is 355 Å². The lowest BCUT2D eigenvalue weighted by Crippen LogP contribution is -2.30. The Labute approximate surface area is 700 Å². The first kappa shape index (κ1) is 110. The molecule has 0 saturated carbocycles. The summed E-state index contributed by atoms with van der Waals surface area (Å²) in [4.78, 5) is 59.0. The zero-order valence-corrected chi connectivity index (χ0v) is 73.9. The van der Waals surface area contributed by atoms with Crippen LogP contribution < -0.4 is 0 Å². The van der Waals surface area contributed by atoms with Crippen LogP contribution in [0.5, 0.6) is 0 Å². The van der Waals surface area contributed by atoms with Crippen molar-refractivity contribution in [3.63, 3.8) is 0 Å². The van der Waals surface area contributed by atoms with Crippen molar-refractivity contribution in [3.8, 4) is 0 Å². The Morgan fingerprint density at radius 2 is 0.461 bits per heavy atom. The van der Waals surface area contributed by atoms with Gasteiger partial charge in [-0.25, -0.2) is 9.13 Å². The number of phosphoric acid groups is 2. The Morgan fingerprint density at radius 3 is 0.730 bits per heavy atom. The van der Waals surface area contributed by atoms with Crippen molar-refractivity contribution < 1.29 is 75.8 Å². The van der Waals surface area contributed by atoms with Gasteiger partial charge in [-0.15, -0.1) is 0 Å². The fourth-order valence-corrected chi connectivity index (χ4v) is 13.4. The predicted octanol–water partition coefficient (Wildman–Crippen LogP) is 27.7. The molecule has 0 aromatic heterocycles. The number of ether oxygens (including phenoxy) is 3. The molecule has 0 amide bonds. The number of rotatable bonds is 84. The van der Waals surface area contributed by atoms with Crippen LogP contribution in [0.15, 0.2) is 182 Å². The number of carbonyl (C=O) groups excluding carboxylic acids is 3. The van der Waals surface area contributed by atoms with Gasteiger partial charge in [0.05, 0.1) is 26.4 Å². The predicted molar refractivity (Wildman–Crippen MR) is 481 cm³/mol. The molecule has 16 nitrogen and oxygen atoms in total. The first-order chi connectivity index (χ1) is 56.2. The van der Waals surface area contributed by atoms with E-state index in [0.29, 0.717) is 19.3 Å².